The third kappa shape index (κ3) is 10.1. The standard InChI is InChI=1S/C43H42ClF3O7/c1-49-43(35-19-22-37(44)34(24-35)23-30-17-20-36(21-18-30)53-29-42(45,46)47)41(52-28-33-15-9-4-10-16-33)40(51-27-32-13-7-3-8-14-32)39(38(25-48)54-43)50-26-31-11-5-2-6-12-31/h2-22,24,38-41,48H,23,25-29H2,1H3. The van der Waals surface area contributed by atoms with Gasteiger partial charge in [0.15, 0.2) is 6.61 Å². The summed E-state index contributed by atoms with van der Waals surface area (Å²) in [5.74, 6) is -1.52. The van der Waals surface area contributed by atoms with E-state index in [9.17, 15) is 18.3 Å². The molecule has 0 amide bonds. The van der Waals surface area contributed by atoms with Gasteiger partial charge in [-0.3, -0.25) is 0 Å². The molecule has 5 unspecified atom stereocenters. The number of aliphatic hydroxyl groups is 1. The minimum absolute atomic E-state index is 0.101. The van der Waals surface area contributed by atoms with Crippen molar-refractivity contribution >= 4 is 11.6 Å². The molecule has 5 atom stereocenters. The zero-order valence-corrected chi connectivity index (χ0v) is 30.4. The van der Waals surface area contributed by atoms with Crippen molar-refractivity contribution in [3.05, 3.63) is 172 Å². The first-order valence-corrected chi connectivity index (χ1v) is 17.9. The highest BCUT2D eigenvalue weighted by molar-refractivity contribution is 6.31. The van der Waals surface area contributed by atoms with E-state index in [1.54, 1.807) is 24.3 Å². The monoisotopic (exact) mass is 762 g/mol. The highest BCUT2D eigenvalue weighted by Crippen LogP contribution is 2.44. The molecular formula is C43H42ClF3O7. The van der Waals surface area contributed by atoms with Gasteiger partial charge in [0.05, 0.1) is 26.4 Å². The summed E-state index contributed by atoms with van der Waals surface area (Å²) in [6.07, 6.45) is -7.55. The van der Waals surface area contributed by atoms with Gasteiger partial charge in [0.2, 0.25) is 5.79 Å². The van der Waals surface area contributed by atoms with Gasteiger partial charge in [-0.25, -0.2) is 0 Å². The molecule has 284 valence electrons. The average molecular weight is 763 g/mol. The van der Waals surface area contributed by atoms with Crippen LogP contribution in [0, 0.1) is 0 Å². The summed E-state index contributed by atoms with van der Waals surface area (Å²) in [5.41, 5.74) is 4.82. The second kappa shape index (κ2) is 18.4. The second-order valence-electron chi connectivity index (χ2n) is 13.0. The Labute approximate surface area is 318 Å². The first kappa shape index (κ1) is 39.4. The van der Waals surface area contributed by atoms with Crippen molar-refractivity contribution in [2.24, 2.45) is 0 Å². The average Bonchev–Trinajstić information content (AvgIpc) is 3.19. The molecule has 0 aromatic heterocycles. The van der Waals surface area contributed by atoms with Crippen LogP contribution < -0.4 is 4.74 Å². The molecule has 1 fully saturated rings. The Morgan fingerprint density at radius 1 is 0.685 bits per heavy atom. The van der Waals surface area contributed by atoms with Crippen LogP contribution in [0.15, 0.2) is 133 Å². The normalized spacial score (nSPS) is 21.5. The quantitative estimate of drug-likeness (QED) is 0.108. The predicted octanol–water partition coefficient (Wildman–Crippen LogP) is 8.82. The topological polar surface area (TPSA) is 75.6 Å². The highest BCUT2D eigenvalue weighted by Gasteiger charge is 2.58. The first-order chi connectivity index (χ1) is 26.2. The number of hydrogen-bond acceptors (Lipinski definition) is 7. The van der Waals surface area contributed by atoms with Crippen molar-refractivity contribution < 1.29 is 46.7 Å². The molecule has 1 heterocycles. The summed E-state index contributed by atoms with van der Waals surface area (Å²) in [7, 11) is 1.51. The number of methoxy groups -OCH3 is 1. The van der Waals surface area contributed by atoms with Gasteiger partial charge in [0.25, 0.3) is 0 Å². The van der Waals surface area contributed by atoms with E-state index in [-0.39, 0.29) is 25.6 Å². The molecule has 0 saturated carbocycles. The Hall–Kier alpha value is -4.26. The Balaban J connectivity index is 1.37. The van der Waals surface area contributed by atoms with Crippen LogP contribution in [0.1, 0.15) is 33.4 Å². The molecule has 1 aliphatic rings. The van der Waals surface area contributed by atoms with Crippen molar-refractivity contribution in [1.29, 1.82) is 0 Å². The zero-order chi connectivity index (χ0) is 38.0. The summed E-state index contributed by atoms with van der Waals surface area (Å²) in [5, 5.41) is 11.3. The third-order valence-corrected chi connectivity index (χ3v) is 9.55. The number of halogens is 4. The van der Waals surface area contributed by atoms with E-state index >= 15 is 0 Å². The molecule has 0 radical (unpaired) electrons. The zero-order valence-electron chi connectivity index (χ0n) is 29.7. The van der Waals surface area contributed by atoms with Gasteiger partial charge in [-0.2, -0.15) is 13.2 Å². The number of alkyl halides is 3. The van der Waals surface area contributed by atoms with E-state index in [1.165, 1.54) is 19.2 Å². The Kier molecular flexibility index (Phi) is 13.4. The van der Waals surface area contributed by atoms with Crippen LogP contribution >= 0.6 is 11.6 Å². The van der Waals surface area contributed by atoms with Gasteiger partial charge in [0.1, 0.15) is 30.2 Å². The Bertz CT molecular complexity index is 1880. The minimum Gasteiger partial charge on any atom is -0.484 e. The summed E-state index contributed by atoms with van der Waals surface area (Å²) >= 11 is 6.76. The second-order valence-corrected chi connectivity index (χ2v) is 13.4. The maximum atomic E-state index is 12.7. The number of benzene rings is 5. The summed E-state index contributed by atoms with van der Waals surface area (Å²) in [4.78, 5) is 0. The molecule has 5 aromatic rings. The smallest absolute Gasteiger partial charge is 0.422 e. The van der Waals surface area contributed by atoms with Crippen molar-refractivity contribution in [2.45, 2.75) is 62.6 Å². The molecule has 0 aliphatic carbocycles. The number of hydrogen-bond donors (Lipinski definition) is 1. The maximum absolute atomic E-state index is 12.7. The van der Waals surface area contributed by atoms with Crippen LogP contribution in [-0.4, -0.2) is 56.0 Å². The first-order valence-electron chi connectivity index (χ1n) is 17.5. The third-order valence-electron chi connectivity index (χ3n) is 9.18. The maximum Gasteiger partial charge on any atom is 0.422 e. The molecular weight excluding hydrogens is 721 g/mol. The molecule has 54 heavy (non-hydrogen) atoms. The van der Waals surface area contributed by atoms with E-state index in [1.807, 2.05) is 97.1 Å². The Morgan fingerprint density at radius 3 is 1.74 bits per heavy atom. The SMILES string of the molecule is COC1(c2ccc(Cl)c(Cc3ccc(OCC(F)(F)F)cc3)c2)OC(CO)C(OCc2ccccc2)C(OCc2ccccc2)C1OCc1ccccc1. The number of aliphatic hydroxyl groups excluding tert-OH is 1. The van der Waals surface area contributed by atoms with Crippen LogP contribution in [0.25, 0.3) is 0 Å². The van der Waals surface area contributed by atoms with Crippen molar-refractivity contribution in [2.75, 3.05) is 20.3 Å². The van der Waals surface area contributed by atoms with Crippen LogP contribution in [0.4, 0.5) is 13.2 Å². The van der Waals surface area contributed by atoms with Crippen molar-refractivity contribution in [3.8, 4) is 5.75 Å². The number of rotatable bonds is 16. The molecule has 7 nitrogen and oxygen atoms in total. The van der Waals surface area contributed by atoms with E-state index in [2.05, 4.69) is 0 Å². The van der Waals surface area contributed by atoms with E-state index in [4.69, 9.17) is 40.0 Å². The van der Waals surface area contributed by atoms with Crippen LogP contribution in [-0.2, 0) is 55.7 Å². The van der Waals surface area contributed by atoms with Gasteiger partial charge >= 0.3 is 6.18 Å². The molecule has 6 rings (SSSR count). The fourth-order valence-electron chi connectivity index (χ4n) is 6.51. The predicted molar refractivity (Wildman–Crippen MR) is 198 cm³/mol. The van der Waals surface area contributed by atoms with Crippen LogP contribution in [0.2, 0.25) is 5.02 Å². The molecule has 11 heteroatoms. The highest BCUT2D eigenvalue weighted by atomic mass is 35.5. The summed E-state index contributed by atoms with van der Waals surface area (Å²) < 4.78 is 76.2. The lowest BCUT2D eigenvalue weighted by molar-refractivity contribution is -0.384. The molecule has 1 aliphatic heterocycles. The largest absolute Gasteiger partial charge is 0.484 e. The van der Waals surface area contributed by atoms with Gasteiger partial charge in [-0.15, -0.1) is 0 Å². The van der Waals surface area contributed by atoms with Gasteiger partial charge < -0.3 is 33.5 Å². The lowest BCUT2D eigenvalue weighted by Gasteiger charge is -2.52. The van der Waals surface area contributed by atoms with E-state index in [0.717, 1.165) is 22.3 Å². The Morgan fingerprint density at radius 2 is 1.22 bits per heavy atom. The number of ether oxygens (including phenoxy) is 6. The van der Waals surface area contributed by atoms with E-state index < -0.39 is 49.6 Å². The van der Waals surface area contributed by atoms with Crippen molar-refractivity contribution in [1.82, 2.24) is 0 Å². The summed E-state index contributed by atoms with van der Waals surface area (Å²) in [6.45, 7) is -1.16. The molecule has 0 spiro atoms. The molecule has 1 N–H and O–H groups in total. The molecule has 5 aromatic carbocycles. The van der Waals surface area contributed by atoms with Crippen LogP contribution in [0.5, 0.6) is 5.75 Å². The molecule has 0 bridgehead atoms. The molecule has 1 saturated heterocycles. The lowest BCUT2D eigenvalue weighted by Crippen LogP contribution is -2.66. The van der Waals surface area contributed by atoms with Gasteiger partial charge in [0, 0.05) is 17.7 Å². The lowest BCUT2D eigenvalue weighted by atomic mass is 9.86. The van der Waals surface area contributed by atoms with Crippen molar-refractivity contribution in [3.63, 3.8) is 0 Å². The van der Waals surface area contributed by atoms with Gasteiger partial charge in [-0.1, -0.05) is 121 Å². The fraction of sp³-hybridized carbons (Fsp3) is 0.302. The van der Waals surface area contributed by atoms with E-state index in [0.29, 0.717) is 22.6 Å². The van der Waals surface area contributed by atoms with Crippen LogP contribution in [0.3, 0.4) is 0 Å². The fourth-order valence-corrected chi connectivity index (χ4v) is 6.70. The minimum atomic E-state index is -4.44. The summed E-state index contributed by atoms with van der Waals surface area (Å²) in [6, 6.07) is 40.9. The van der Waals surface area contributed by atoms with Gasteiger partial charge in [-0.05, 0) is 58.5 Å².